The summed E-state index contributed by atoms with van der Waals surface area (Å²) in [6.07, 6.45) is 4.08. The molecule has 0 spiro atoms. The van der Waals surface area contributed by atoms with E-state index in [4.69, 9.17) is 9.47 Å². The topological polar surface area (TPSA) is 63.7 Å². The predicted octanol–water partition coefficient (Wildman–Crippen LogP) is 3.63. The number of nitrogens with one attached hydrogen (secondary N) is 1. The van der Waals surface area contributed by atoms with Gasteiger partial charge >= 0.3 is 0 Å². The molecule has 1 aromatic heterocycles. The van der Waals surface area contributed by atoms with Crippen molar-refractivity contribution < 1.29 is 14.3 Å². The first-order chi connectivity index (χ1) is 16.0. The number of nitrogens with zero attached hydrogens (tertiary/aromatic N) is 2. The number of morpholine rings is 1. The standard InChI is InChI=1S/C27H31N3O3/c1-20-5-4-6-24(25(20)32-3)18-30-15-16-33-27(19-30,26(31)28-2)17-21-7-9-22(10-8-21)23-11-13-29-14-12-23/h4-14H,15-19H2,1-3H3,(H,28,31)/t27-/m0/s1. The molecular formula is C27H31N3O3. The molecule has 1 saturated heterocycles. The van der Waals surface area contributed by atoms with Crippen molar-refractivity contribution in [2.45, 2.75) is 25.5 Å². The fourth-order valence-corrected chi connectivity index (χ4v) is 4.60. The molecular weight excluding hydrogens is 414 g/mol. The van der Waals surface area contributed by atoms with Gasteiger partial charge in [0.2, 0.25) is 0 Å². The molecule has 6 nitrogen and oxygen atoms in total. The van der Waals surface area contributed by atoms with Crippen molar-refractivity contribution in [2.24, 2.45) is 0 Å². The largest absolute Gasteiger partial charge is 0.496 e. The summed E-state index contributed by atoms with van der Waals surface area (Å²) in [5.74, 6) is 0.808. The monoisotopic (exact) mass is 445 g/mol. The van der Waals surface area contributed by atoms with Gasteiger partial charge < -0.3 is 14.8 Å². The van der Waals surface area contributed by atoms with Crippen LogP contribution in [0.1, 0.15) is 16.7 Å². The van der Waals surface area contributed by atoms with E-state index < -0.39 is 5.60 Å². The van der Waals surface area contributed by atoms with Gasteiger partial charge in [-0.25, -0.2) is 0 Å². The molecule has 2 aromatic carbocycles. The Morgan fingerprint density at radius 1 is 1.12 bits per heavy atom. The first kappa shape index (κ1) is 23.0. The molecule has 1 aliphatic heterocycles. The Balaban J connectivity index is 1.55. The van der Waals surface area contributed by atoms with Gasteiger partial charge in [-0.2, -0.15) is 0 Å². The number of likely N-dealkylation sites (N-methyl/N-ethyl adjacent to an activating group) is 1. The van der Waals surface area contributed by atoms with Crippen LogP contribution in [0.15, 0.2) is 67.0 Å². The Hall–Kier alpha value is -3.22. The van der Waals surface area contributed by atoms with Gasteiger partial charge in [-0.1, -0.05) is 42.5 Å². The van der Waals surface area contributed by atoms with Crippen molar-refractivity contribution in [3.05, 3.63) is 83.7 Å². The molecule has 1 fully saturated rings. The number of hydrogen-bond acceptors (Lipinski definition) is 5. The summed E-state index contributed by atoms with van der Waals surface area (Å²) >= 11 is 0. The van der Waals surface area contributed by atoms with E-state index in [0.717, 1.165) is 40.1 Å². The number of benzene rings is 2. The first-order valence-electron chi connectivity index (χ1n) is 11.2. The Kier molecular flexibility index (Phi) is 7.06. The van der Waals surface area contributed by atoms with Gasteiger partial charge in [0.1, 0.15) is 5.75 Å². The molecule has 1 aliphatic rings. The second-order valence-corrected chi connectivity index (χ2v) is 8.51. The molecule has 0 aliphatic carbocycles. The Bertz CT molecular complexity index is 1090. The lowest BCUT2D eigenvalue weighted by molar-refractivity contribution is -0.160. The number of pyridine rings is 1. The zero-order valence-corrected chi connectivity index (χ0v) is 19.5. The van der Waals surface area contributed by atoms with Gasteiger partial charge in [0.15, 0.2) is 5.60 Å². The van der Waals surface area contributed by atoms with Crippen molar-refractivity contribution in [1.82, 2.24) is 15.2 Å². The normalized spacial score (nSPS) is 18.6. The summed E-state index contributed by atoms with van der Waals surface area (Å²) in [5, 5.41) is 2.83. The number of ether oxygens (including phenoxy) is 2. The van der Waals surface area contributed by atoms with Crippen LogP contribution in [0, 0.1) is 6.92 Å². The van der Waals surface area contributed by atoms with Crippen LogP contribution < -0.4 is 10.1 Å². The molecule has 3 aromatic rings. The minimum atomic E-state index is -0.942. The lowest BCUT2D eigenvalue weighted by Gasteiger charge is -2.41. The van der Waals surface area contributed by atoms with Gasteiger partial charge in [-0.05, 0) is 41.3 Å². The molecule has 33 heavy (non-hydrogen) atoms. The maximum Gasteiger partial charge on any atom is 0.253 e. The number of hydrogen-bond donors (Lipinski definition) is 1. The summed E-state index contributed by atoms with van der Waals surface area (Å²) in [7, 11) is 3.37. The van der Waals surface area contributed by atoms with Crippen LogP contribution in [0.2, 0.25) is 0 Å². The van der Waals surface area contributed by atoms with Gasteiger partial charge in [0, 0.05) is 51.1 Å². The van der Waals surface area contributed by atoms with Crippen LogP contribution in [0.25, 0.3) is 11.1 Å². The smallest absolute Gasteiger partial charge is 0.253 e. The molecule has 0 saturated carbocycles. The Labute approximate surface area is 195 Å². The fourth-order valence-electron chi connectivity index (χ4n) is 4.60. The maximum absolute atomic E-state index is 13.1. The number of rotatable bonds is 7. The van der Waals surface area contributed by atoms with Crippen LogP contribution in [0.4, 0.5) is 0 Å². The second kappa shape index (κ2) is 10.1. The van der Waals surface area contributed by atoms with Crippen molar-refractivity contribution in [2.75, 3.05) is 33.9 Å². The summed E-state index contributed by atoms with van der Waals surface area (Å²) < 4.78 is 11.8. The van der Waals surface area contributed by atoms with Crippen LogP contribution in [0.3, 0.4) is 0 Å². The highest BCUT2D eigenvalue weighted by Crippen LogP contribution is 2.29. The van der Waals surface area contributed by atoms with Crippen molar-refractivity contribution in [3.8, 4) is 16.9 Å². The number of carbonyl (C=O) groups excluding carboxylic acids is 1. The molecule has 0 radical (unpaired) electrons. The van der Waals surface area contributed by atoms with E-state index in [-0.39, 0.29) is 5.91 Å². The fraction of sp³-hybridized carbons (Fsp3) is 0.333. The summed E-state index contributed by atoms with van der Waals surface area (Å²) in [6, 6.07) is 18.5. The average molecular weight is 446 g/mol. The minimum Gasteiger partial charge on any atom is -0.496 e. The van der Waals surface area contributed by atoms with Crippen molar-refractivity contribution in [3.63, 3.8) is 0 Å². The lowest BCUT2D eigenvalue weighted by atomic mass is 9.90. The van der Waals surface area contributed by atoms with Gasteiger partial charge in [-0.15, -0.1) is 0 Å². The molecule has 0 unspecified atom stereocenters. The zero-order valence-electron chi connectivity index (χ0n) is 19.5. The molecule has 1 N–H and O–H groups in total. The Morgan fingerprint density at radius 3 is 2.55 bits per heavy atom. The number of para-hydroxylation sites is 1. The lowest BCUT2D eigenvalue weighted by Crippen LogP contribution is -2.60. The predicted molar refractivity (Wildman–Crippen MR) is 129 cm³/mol. The molecule has 6 heteroatoms. The second-order valence-electron chi connectivity index (χ2n) is 8.51. The third-order valence-electron chi connectivity index (χ3n) is 6.25. The molecule has 0 bridgehead atoms. The third-order valence-corrected chi connectivity index (χ3v) is 6.25. The quantitative estimate of drug-likeness (QED) is 0.602. The van der Waals surface area contributed by atoms with Crippen LogP contribution >= 0.6 is 0 Å². The van der Waals surface area contributed by atoms with E-state index in [0.29, 0.717) is 26.1 Å². The zero-order chi connectivity index (χ0) is 23.3. The van der Waals surface area contributed by atoms with Crippen LogP contribution in [-0.4, -0.2) is 55.2 Å². The van der Waals surface area contributed by atoms with Gasteiger partial charge in [-0.3, -0.25) is 14.7 Å². The van der Waals surface area contributed by atoms with Crippen LogP contribution in [-0.2, 0) is 22.5 Å². The maximum atomic E-state index is 13.1. The Morgan fingerprint density at radius 2 is 1.85 bits per heavy atom. The van der Waals surface area contributed by atoms with E-state index >= 15 is 0 Å². The molecule has 2 heterocycles. The minimum absolute atomic E-state index is 0.0957. The van der Waals surface area contributed by atoms with Crippen LogP contribution in [0.5, 0.6) is 5.75 Å². The van der Waals surface area contributed by atoms with E-state index in [2.05, 4.69) is 45.5 Å². The van der Waals surface area contributed by atoms with E-state index in [1.807, 2.05) is 31.2 Å². The third kappa shape index (κ3) is 5.07. The van der Waals surface area contributed by atoms with E-state index in [9.17, 15) is 4.79 Å². The summed E-state index contributed by atoms with van der Waals surface area (Å²) in [6.45, 7) is 4.52. The number of carbonyl (C=O) groups is 1. The number of methoxy groups -OCH3 is 1. The number of amides is 1. The summed E-state index contributed by atoms with van der Waals surface area (Å²) in [5.41, 5.74) is 4.58. The number of aryl methyl sites for hydroxylation is 1. The molecule has 1 atom stereocenters. The van der Waals surface area contributed by atoms with Gasteiger partial charge in [0.05, 0.1) is 13.7 Å². The molecule has 1 amide bonds. The van der Waals surface area contributed by atoms with E-state index in [1.165, 1.54) is 0 Å². The highest BCUT2D eigenvalue weighted by molar-refractivity contribution is 5.86. The number of aromatic nitrogens is 1. The van der Waals surface area contributed by atoms with Gasteiger partial charge in [0.25, 0.3) is 5.91 Å². The first-order valence-corrected chi connectivity index (χ1v) is 11.2. The molecule has 172 valence electrons. The highest BCUT2D eigenvalue weighted by Gasteiger charge is 2.43. The van der Waals surface area contributed by atoms with E-state index in [1.54, 1.807) is 26.6 Å². The SMILES string of the molecule is CNC(=O)[C@]1(Cc2ccc(-c3ccncc3)cc2)CN(Cc2cccc(C)c2OC)CCO1. The van der Waals surface area contributed by atoms with Crippen molar-refractivity contribution in [1.29, 1.82) is 0 Å². The van der Waals surface area contributed by atoms with Crippen molar-refractivity contribution >= 4 is 5.91 Å². The molecule has 4 rings (SSSR count). The highest BCUT2D eigenvalue weighted by atomic mass is 16.5. The average Bonchev–Trinajstić information content (AvgIpc) is 2.85. The summed E-state index contributed by atoms with van der Waals surface area (Å²) in [4.78, 5) is 19.4.